The van der Waals surface area contributed by atoms with Crippen LogP contribution in [0.5, 0.6) is 5.75 Å². The Bertz CT molecular complexity index is 748. The Balaban J connectivity index is 1.96. The van der Waals surface area contributed by atoms with Gasteiger partial charge < -0.3 is 15.0 Å². The van der Waals surface area contributed by atoms with Gasteiger partial charge in [-0.1, -0.05) is 0 Å². The van der Waals surface area contributed by atoms with Crippen molar-refractivity contribution in [3.63, 3.8) is 0 Å². The van der Waals surface area contributed by atoms with E-state index in [-0.39, 0.29) is 12.1 Å². The average Bonchev–Trinajstić information content (AvgIpc) is 2.57. The maximum absolute atomic E-state index is 13.2. The largest absolute Gasteiger partial charge is 0.497 e. The molecule has 24 heavy (non-hydrogen) atoms. The van der Waals surface area contributed by atoms with Crippen LogP contribution >= 0.6 is 0 Å². The first-order chi connectivity index (χ1) is 11.4. The zero-order valence-corrected chi connectivity index (χ0v) is 13.2. The van der Waals surface area contributed by atoms with Gasteiger partial charge in [0.15, 0.2) is 11.6 Å². The minimum absolute atomic E-state index is 0.0337. The van der Waals surface area contributed by atoms with Crippen molar-refractivity contribution in [2.45, 2.75) is 0 Å². The molecule has 0 aliphatic rings. The molecule has 126 valence electrons. The van der Waals surface area contributed by atoms with Gasteiger partial charge in [-0.3, -0.25) is 9.59 Å². The number of nitrogens with zero attached hydrogens (tertiary/aromatic N) is 1. The number of hydrogen-bond donors (Lipinski definition) is 1. The first-order valence-corrected chi connectivity index (χ1v) is 7.05. The van der Waals surface area contributed by atoms with Gasteiger partial charge >= 0.3 is 0 Å². The van der Waals surface area contributed by atoms with Crippen LogP contribution in [0.3, 0.4) is 0 Å². The summed E-state index contributed by atoms with van der Waals surface area (Å²) in [5, 5.41) is 2.63. The molecule has 0 saturated carbocycles. The van der Waals surface area contributed by atoms with Crippen molar-refractivity contribution in [3.8, 4) is 5.75 Å². The van der Waals surface area contributed by atoms with Crippen molar-refractivity contribution in [1.82, 2.24) is 4.90 Å². The number of hydrogen-bond acceptors (Lipinski definition) is 3. The van der Waals surface area contributed by atoms with Crippen LogP contribution in [0.25, 0.3) is 0 Å². The van der Waals surface area contributed by atoms with Gasteiger partial charge in [0.25, 0.3) is 5.91 Å². The fourth-order valence-electron chi connectivity index (χ4n) is 2.01. The highest BCUT2D eigenvalue weighted by Gasteiger charge is 2.16. The van der Waals surface area contributed by atoms with Crippen molar-refractivity contribution >= 4 is 17.5 Å². The number of ether oxygens (including phenoxy) is 1. The fourth-order valence-corrected chi connectivity index (χ4v) is 2.01. The summed E-state index contributed by atoms with van der Waals surface area (Å²) in [6, 6.07) is 9.53. The van der Waals surface area contributed by atoms with Gasteiger partial charge in [0.2, 0.25) is 5.91 Å². The van der Waals surface area contributed by atoms with Crippen LogP contribution in [-0.2, 0) is 4.79 Å². The van der Waals surface area contributed by atoms with Gasteiger partial charge in [-0.25, -0.2) is 8.78 Å². The molecule has 0 saturated heterocycles. The lowest BCUT2D eigenvalue weighted by Gasteiger charge is -2.17. The SMILES string of the molecule is COc1ccc(NC(=O)CN(C)C(=O)c2ccc(F)c(F)c2)cc1. The molecular weight excluding hydrogens is 318 g/mol. The van der Waals surface area contributed by atoms with Gasteiger partial charge in [0.05, 0.1) is 13.7 Å². The van der Waals surface area contributed by atoms with E-state index >= 15 is 0 Å². The van der Waals surface area contributed by atoms with E-state index in [1.54, 1.807) is 24.3 Å². The number of amides is 2. The molecule has 0 spiro atoms. The van der Waals surface area contributed by atoms with Crippen LogP contribution in [0.2, 0.25) is 0 Å². The first kappa shape index (κ1) is 17.4. The molecule has 0 unspecified atom stereocenters. The molecule has 1 N–H and O–H groups in total. The minimum atomic E-state index is -1.11. The molecule has 0 aliphatic carbocycles. The summed E-state index contributed by atoms with van der Waals surface area (Å²) >= 11 is 0. The number of methoxy groups -OCH3 is 1. The van der Waals surface area contributed by atoms with Crippen molar-refractivity contribution in [1.29, 1.82) is 0 Å². The summed E-state index contributed by atoms with van der Waals surface area (Å²) in [5.74, 6) is -2.50. The highest BCUT2D eigenvalue weighted by Crippen LogP contribution is 2.15. The second-order valence-electron chi connectivity index (χ2n) is 5.07. The van der Waals surface area contributed by atoms with E-state index in [4.69, 9.17) is 4.74 Å². The molecule has 0 heterocycles. The van der Waals surface area contributed by atoms with E-state index in [9.17, 15) is 18.4 Å². The number of likely N-dealkylation sites (N-methyl/N-ethyl adjacent to an activating group) is 1. The lowest BCUT2D eigenvalue weighted by Crippen LogP contribution is -2.35. The third-order valence-electron chi connectivity index (χ3n) is 3.27. The van der Waals surface area contributed by atoms with E-state index in [1.165, 1.54) is 20.2 Å². The Kier molecular flexibility index (Phi) is 5.47. The number of anilines is 1. The summed E-state index contributed by atoms with van der Waals surface area (Å²) in [6.07, 6.45) is 0. The number of halogens is 2. The Labute approximate surface area is 137 Å². The predicted molar refractivity (Wildman–Crippen MR) is 84.9 cm³/mol. The minimum Gasteiger partial charge on any atom is -0.497 e. The number of carbonyl (C=O) groups is 2. The van der Waals surface area contributed by atoms with E-state index in [1.807, 2.05) is 0 Å². The normalized spacial score (nSPS) is 10.2. The van der Waals surface area contributed by atoms with E-state index in [2.05, 4.69) is 5.32 Å². The van der Waals surface area contributed by atoms with E-state index in [0.717, 1.165) is 17.0 Å². The van der Waals surface area contributed by atoms with Crippen molar-refractivity contribution in [3.05, 3.63) is 59.7 Å². The van der Waals surface area contributed by atoms with Crippen LogP contribution in [0.1, 0.15) is 10.4 Å². The maximum Gasteiger partial charge on any atom is 0.254 e. The molecular formula is C17H16F2N2O3. The highest BCUT2D eigenvalue weighted by atomic mass is 19.2. The van der Waals surface area contributed by atoms with Crippen LogP contribution in [0.4, 0.5) is 14.5 Å². The first-order valence-electron chi connectivity index (χ1n) is 7.05. The molecule has 0 aliphatic heterocycles. The number of benzene rings is 2. The van der Waals surface area contributed by atoms with Gasteiger partial charge in [-0.15, -0.1) is 0 Å². The third kappa shape index (κ3) is 4.28. The lowest BCUT2D eigenvalue weighted by atomic mass is 10.2. The Morgan fingerprint density at radius 1 is 1.08 bits per heavy atom. The Morgan fingerprint density at radius 2 is 1.75 bits per heavy atom. The van der Waals surface area contributed by atoms with Gasteiger partial charge in [-0.05, 0) is 42.5 Å². The lowest BCUT2D eigenvalue weighted by molar-refractivity contribution is -0.116. The number of carbonyl (C=O) groups excluding carboxylic acids is 2. The van der Waals surface area contributed by atoms with Crippen molar-refractivity contribution in [2.75, 3.05) is 26.0 Å². The smallest absolute Gasteiger partial charge is 0.254 e. The van der Waals surface area contributed by atoms with Gasteiger partial charge in [0, 0.05) is 18.3 Å². The highest BCUT2D eigenvalue weighted by molar-refractivity contribution is 5.99. The zero-order chi connectivity index (χ0) is 17.7. The zero-order valence-electron chi connectivity index (χ0n) is 13.2. The van der Waals surface area contributed by atoms with Crippen LogP contribution in [0.15, 0.2) is 42.5 Å². The van der Waals surface area contributed by atoms with Gasteiger partial charge in [0.1, 0.15) is 5.75 Å². The molecule has 0 radical (unpaired) electrons. The summed E-state index contributed by atoms with van der Waals surface area (Å²) in [6.45, 7) is -0.232. The summed E-state index contributed by atoms with van der Waals surface area (Å²) in [5.41, 5.74) is 0.517. The molecule has 2 amide bonds. The summed E-state index contributed by atoms with van der Waals surface area (Å²) in [7, 11) is 2.93. The quantitative estimate of drug-likeness (QED) is 0.915. The molecule has 2 aromatic rings. The molecule has 0 atom stereocenters. The maximum atomic E-state index is 13.2. The predicted octanol–water partition coefficient (Wildman–Crippen LogP) is 2.68. The molecule has 2 aromatic carbocycles. The Hall–Kier alpha value is -2.96. The summed E-state index contributed by atoms with van der Waals surface area (Å²) < 4.78 is 31.1. The van der Waals surface area contributed by atoms with E-state index < -0.39 is 23.4 Å². The standard InChI is InChI=1S/C17H16F2N2O3/c1-21(17(23)11-3-8-14(18)15(19)9-11)10-16(22)20-12-4-6-13(24-2)7-5-12/h3-9H,10H2,1-2H3,(H,20,22). The Morgan fingerprint density at radius 3 is 2.33 bits per heavy atom. The number of rotatable bonds is 5. The second-order valence-corrected chi connectivity index (χ2v) is 5.07. The molecule has 0 fully saturated rings. The monoisotopic (exact) mass is 334 g/mol. The van der Waals surface area contributed by atoms with Crippen LogP contribution in [0, 0.1) is 11.6 Å². The topological polar surface area (TPSA) is 58.6 Å². The van der Waals surface area contributed by atoms with Crippen molar-refractivity contribution < 1.29 is 23.1 Å². The van der Waals surface area contributed by atoms with Crippen LogP contribution < -0.4 is 10.1 Å². The second kappa shape index (κ2) is 7.54. The van der Waals surface area contributed by atoms with Crippen LogP contribution in [-0.4, -0.2) is 37.4 Å². The average molecular weight is 334 g/mol. The van der Waals surface area contributed by atoms with Crippen molar-refractivity contribution in [2.24, 2.45) is 0 Å². The molecule has 5 nitrogen and oxygen atoms in total. The molecule has 0 aromatic heterocycles. The summed E-state index contributed by atoms with van der Waals surface area (Å²) in [4.78, 5) is 25.2. The molecule has 7 heteroatoms. The molecule has 2 rings (SSSR count). The van der Waals surface area contributed by atoms with E-state index in [0.29, 0.717) is 11.4 Å². The molecule has 0 bridgehead atoms. The number of nitrogens with one attached hydrogen (secondary N) is 1. The third-order valence-corrected chi connectivity index (χ3v) is 3.27. The fraction of sp³-hybridized carbons (Fsp3) is 0.176. The van der Waals surface area contributed by atoms with Gasteiger partial charge in [-0.2, -0.15) is 0 Å².